The molecule has 2 aromatic rings. The molecule has 0 aliphatic heterocycles. The van der Waals surface area contributed by atoms with E-state index in [0.29, 0.717) is 11.7 Å². The zero-order valence-electron chi connectivity index (χ0n) is 11.5. The van der Waals surface area contributed by atoms with Gasteiger partial charge in [0.2, 0.25) is 0 Å². The number of rotatable bonds is 7. The van der Waals surface area contributed by atoms with Crippen molar-refractivity contribution in [3.05, 3.63) is 47.0 Å². The molecule has 0 spiro atoms. The van der Waals surface area contributed by atoms with Crippen LogP contribution in [0.25, 0.3) is 0 Å². The van der Waals surface area contributed by atoms with E-state index in [-0.39, 0.29) is 12.4 Å². The molecule has 6 heteroatoms. The number of nitrogens with two attached hydrogens (primary N) is 1. The maximum Gasteiger partial charge on any atom is 0.180 e. The number of nitrogen functional groups attached to an aromatic ring is 1. The molecule has 1 heterocycles. The summed E-state index contributed by atoms with van der Waals surface area (Å²) in [6.45, 7) is 3.15. The van der Waals surface area contributed by atoms with Crippen molar-refractivity contribution in [1.82, 2.24) is 9.88 Å². The maximum absolute atomic E-state index is 5.65. The fraction of sp³-hybridized carbons (Fsp3) is 0.357. The van der Waals surface area contributed by atoms with E-state index in [9.17, 15) is 0 Å². The van der Waals surface area contributed by atoms with Crippen molar-refractivity contribution < 1.29 is 4.74 Å². The molecule has 0 saturated carbocycles. The van der Waals surface area contributed by atoms with Crippen LogP contribution in [-0.4, -0.2) is 30.1 Å². The molecule has 2 N–H and O–H groups in total. The second-order valence-corrected chi connectivity index (χ2v) is 5.59. The molecular weight excluding hydrogens is 294 g/mol. The first-order valence-corrected chi connectivity index (χ1v) is 7.06. The summed E-state index contributed by atoms with van der Waals surface area (Å²) in [5.41, 5.74) is 6.81. The normalized spacial score (nSPS) is 10.5. The molecule has 0 amide bonds. The predicted octanol–water partition coefficient (Wildman–Crippen LogP) is 2.80. The first kappa shape index (κ1) is 16.9. The highest BCUT2D eigenvalue weighted by Crippen LogP contribution is 2.15. The summed E-state index contributed by atoms with van der Waals surface area (Å²) >= 11 is 1.54. The number of halogens is 1. The number of anilines is 1. The summed E-state index contributed by atoms with van der Waals surface area (Å²) < 4.78 is 5.65. The lowest BCUT2D eigenvalue weighted by Gasteiger charge is -2.15. The summed E-state index contributed by atoms with van der Waals surface area (Å²) in [6, 6.07) is 10.2. The average Bonchev–Trinajstić information content (AvgIpc) is 2.81. The number of hydrogen-bond donors (Lipinski definition) is 1. The molecule has 4 nitrogen and oxygen atoms in total. The number of likely N-dealkylation sites (N-methyl/N-ethyl adjacent to an activating group) is 1. The highest BCUT2D eigenvalue weighted by atomic mass is 35.5. The van der Waals surface area contributed by atoms with Gasteiger partial charge in [0.05, 0.1) is 13.2 Å². The molecule has 2 rings (SSSR count). The summed E-state index contributed by atoms with van der Waals surface area (Å²) in [5.74, 6) is 0. The van der Waals surface area contributed by atoms with Crippen LogP contribution in [-0.2, 0) is 17.9 Å². The Hall–Kier alpha value is -1.14. The fourth-order valence-electron chi connectivity index (χ4n) is 1.73. The highest BCUT2D eigenvalue weighted by molar-refractivity contribution is 7.15. The van der Waals surface area contributed by atoms with E-state index in [4.69, 9.17) is 10.5 Å². The number of thiazole rings is 1. The van der Waals surface area contributed by atoms with E-state index < -0.39 is 0 Å². The Morgan fingerprint density at radius 2 is 2.05 bits per heavy atom. The molecular formula is C14H20ClN3OS. The Bertz CT molecular complexity index is 492. The smallest absolute Gasteiger partial charge is 0.180 e. The number of ether oxygens (including phenoxy) is 1. The van der Waals surface area contributed by atoms with Gasteiger partial charge in [0.15, 0.2) is 5.13 Å². The van der Waals surface area contributed by atoms with Gasteiger partial charge in [-0.3, -0.25) is 4.90 Å². The van der Waals surface area contributed by atoms with E-state index in [2.05, 4.69) is 29.1 Å². The summed E-state index contributed by atoms with van der Waals surface area (Å²) in [6.07, 6.45) is 1.83. The van der Waals surface area contributed by atoms with Crippen LogP contribution in [0.3, 0.4) is 0 Å². The van der Waals surface area contributed by atoms with Gasteiger partial charge in [0.25, 0.3) is 0 Å². The van der Waals surface area contributed by atoms with E-state index in [1.165, 1.54) is 21.8 Å². The number of hydrogen-bond acceptors (Lipinski definition) is 5. The van der Waals surface area contributed by atoms with Gasteiger partial charge in [0, 0.05) is 24.2 Å². The van der Waals surface area contributed by atoms with Gasteiger partial charge in [-0.2, -0.15) is 0 Å². The summed E-state index contributed by atoms with van der Waals surface area (Å²) in [5, 5.41) is 0.628. The molecule has 20 heavy (non-hydrogen) atoms. The number of aromatic nitrogens is 1. The van der Waals surface area contributed by atoms with Crippen molar-refractivity contribution in [3.63, 3.8) is 0 Å². The van der Waals surface area contributed by atoms with Crippen molar-refractivity contribution in [2.75, 3.05) is 25.9 Å². The molecule has 0 unspecified atom stereocenters. The number of benzene rings is 1. The lowest BCUT2D eigenvalue weighted by Crippen LogP contribution is -2.22. The van der Waals surface area contributed by atoms with E-state index in [0.717, 1.165) is 19.7 Å². The van der Waals surface area contributed by atoms with Gasteiger partial charge in [-0.25, -0.2) is 4.98 Å². The van der Waals surface area contributed by atoms with Gasteiger partial charge in [-0.1, -0.05) is 30.3 Å². The van der Waals surface area contributed by atoms with Gasteiger partial charge >= 0.3 is 0 Å². The minimum Gasteiger partial charge on any atom is -0.375 e. The highest BCUT2D eigenvalue weighted by Gasteiger charge is 2.03. The molecule has 0 bridgehead atoms. The molecule has 110 valence electrons. The third-order valence-electron chi connectivity index (χ3n) is 2.73. The summed E-state index contributed by atoms with van der Waals surface area (Å²) in [4.78, 5) is 7.43. The lowest BCUT2D eigenvalue weighted by molar-refractivity contribution is 0.0982. The Kier molecular flexibility index (Phi) is 7.54. The quantitative estimate of drug-likeness (QED) is 0.799. The molecule has 0 aliphatic rings. The Labute approximate surface area is 130 Å². The lowest BCUT2D eigenvalue weighted by atomic mass is 10.2. The van der Waals surface area contributed by atoms with Gasteiger partial charge in [-0.05, 0) is 12.6 Å². The SMILES string of the molecule is CN(CCOCc1ccccc1)Cc1cnc(N)s1.Cl. The second-order valence-electron chi connectivity index (χ2n) is 4.44. The molecule has 1 aromatic carbocycles. The van der Waals surface area contributed by atoms with Crippen LogP contribution in [0.4, 0.5) is 5.13 Å². The minimum absolute atomic E-state index is 0. The Morgan fingerprint density at radius 3 is 2.70 bits per heavy atom. The minimum atomic E-state index is 0. The van der Waals surface area contributed by atoms with Crippen LogP contribution in [0.2, 0.25) is 0 Å². The monoisotopic (exact) mass is 313 g/mol. The third kappa shape index (κ3) is 5.88. The fourth-order valence-corrected chi connectivity index (χ4v) is 2.49. The Morgan fingerprint density at radius 1 is 1.30 bits per heavy atom. The topological polar surface area (TPSA) is 51.4 Å². The Balaban J connectivity index is 0.00000200. The zero-order valence-corrected chi connectivity index (χ0v) is 13.1. The molecule has 0 radical (unpaired) electrons. The van der Waals surface area contributed by atoms with Crippen LogP contribution >= 0.6 is 23.7 Å². The standard InChI is InChI=1S/C14H19N3OS.ClH/c1-17(10-13-9-16-14(15)19-13)7-8-18-11-12-5-3-2-4-6-12;/h2-6,9H,7-8,10-11H2,1H3,(H2,15,16);1H. The largest absolute Gasteiger partial charge is 0.375 e. The summed E-state index contributed by atoms with van der Waals surface area (Å²) in [7, 11) is 2.07. The third-order valence-corrected chi connectivity index (χ3v) is 3.54. The predicted molar refractivity (Wildman–Crippen MR) is 86.2 cm³/mol. The second kappa shape index (κ2) is 8.92. The van der Waals surface area contributed by atoms with Crippen molar-refractivity contribution in [1.29, 1.82) is 0 Å². The van der Waals surface area contributed by atoms with E-state index >= 15 is 0 Å². The average molecular weight is 314 g/mol. The maximum atomic E-state index is 5.65. The zero-order chi connectivity index (χ0) is 13.5. The molecule has 0 saturated heterocycles. The van der Waals surface area contributed by atoms with Crippen molar-refractivity contribution >= 4 is 28.9 Å². The molecule has 1 aromatic heterocycles. The van der Waals surface area contributed by atoms with Crippen LogP contribution in [0.15, 0.2) is 36.5 Å². The van der Waals surface area contributed by atoms with Crippen LogP contribution in [0.1, 0.15) is 10.4 Å². The van der Waals surface area contributed by atoms with Crippen molar-refractivity contribution in [2.24, 2.45) is 0 Å². The first-order chi connectivity index (χ1) is 9.24. The van der Waals surface area contributed by atoms with Gasteiger partial charge in [0.1, 0.15) is 0 Å². The van der Waals surface area contributed by atoms with Crippen molar-refractivity contribution in [3.8, 4) is 0 Å². The van der Waals surface area contributed by atoms with E-state index in [1.807, 2.05) is 24.4 Å². The number of nitrogens with zero attached hydrogens (tertiary/aromatic N) is 2. The van der Waals surface area contributed by atoms with Crippen LogP contribution in [0, 0.1) is 0 Å². The van der Waals surface area contributed by atoms with E-state index in [1.54, 1.807) is 0 Å². The van der Waals surface area contributed by atoms with Crippen LogP contribution in [0.5, 0.6) is 0 Å². The first-order valence-electron chi connectivity index (χ1n) is 6.24. The van der Waals surface area contributed by atoms with Crippen molar-refractivity contribution in [2.45, 2.75) is 13.2 Å². The molecule has 0 atom stereocenters. The van der Waals surface area contributed by atoms with Gasteiger partial charge in [-0.15, -0.1) is 23.7 Å². The van der Waals surface area contributed by atoms with Gasteiger partial charge < -0.3 is 10.5 Å². The van der Waals surface area contributed by atoms with Crippen LogP contribution < -0.4 is 5.73 Å². The molecule has 0 aliphatic carbocycles. The molecule has 0 fully saturated rings.